The van der Waals surface area contributed by atoms with Crippen molar-refractivity contribution in [3.63, 3.8) is 0 Å². The van der Waals surface area contributed by atoms with Crippen molar-refractivity contribution in [2.45, 2.75) is 46.2 Å². The Labute approximate surface area is 105 Å². The van der Waals surface area contributed by atoms with Gasteiger partial charge in [-0.15, -0.1) is 0 Å². The van der Waals surface area contributed by atoms with Gasteiger partial charge >= 0.3 is 6.18 Å². The summed E-state index contributed by atoms with van der Waals surface area (Å²) < 4.78 is 36.0. The molecule has 0 saturated carbocycles. The second-order valence-corrected chi connectivity index (χ2v) is 4.71. The molecule has 0 aliphatic heterocycles. The molecule has 1 aromatic rings. The van der Waals surface area contributed by atoms with E-state index in [-0.39, 0.29) is 12.2 Å². The third-order valence-electron chi connectivity index (χ3n) is 2.90. The third kappa shape index (κ3) is 4.51. The molecule has 0 unspecified atom stereocenters. The lowest BCUT2D eigenvalue weighted by Gasteiger charge is -2.11. The summed E-state index contributed by atoms with van der Waals surface area (Å²) in [6.45, 7) is 5.72. The molecule has 4 heteroatoms. The van der Waals surface area contributed by atoms with Crippen LogP contribution in [0.15, 0.2) is 12.1 Å². The summed E-state index contributed by atoms with van der Waals surface area (Å²) in [4.78, 5) is 11.5. The topological polar surface area (TPSA) is 17.1 Å². The molecule has 0 aliphatic rings. The van der Waals surface area contributed by atoms with Gasteiger partial charge in [-0.2, -0.15) is 13.2 Å². The van der Waals surface area contributed by atoms with Crippen molar-refractivity contribution in [1.29, 1.82) is 0 Å². The van der Waals surface area contributed by atoms with Gasteiger partial charge in [0.2, 0.25) is 0 Å². The van der Waals surface area contributed by atoms with Crippen molar-refractivity contribution in [1.82, 2.24) is 0 Å². The van der Waals surface area contributed by atoms with E-state index >= 15 is 0 Å². The number of Topliss-reactive ketones (excluding diaryl/α,β-unsaturated/α-hetero) is 1. The van der Waals surface area contributed by atoms with E-state index in [1.165, 1.54) is 0 Å². The van der Waals surface area contributed by atoms with Crippen molar-refractivity contribution >= 4 is 5.78 Å². The number of rotatable bonds is 4. The number of aryl methyl sites for hydroxylation is 3. The number of alkyl halides is 3. The maximum atomic E-state index is 12.0. The maximum absolute atomic E-state index is 12.0. The van der Waals surface area contributed by atoms with Crippen LogP contribution >= 0.6 is 0 Å². The van der Waals surface area contributed by atoms with Crippen LogP contribution in [0.3, 0.4) is 0 Å². The number of halogens is 3. The quantitative estimate of drug-likeness (QED) is 0.795. The second kappa shape index (κ2) is 5.55. The summed E-state index contributed by atoms with van der Waals surface area (Å²) in [7, 11) is 0. The van der Waals surface area contributed by atoms with Crippen molar-refractivity contribution in [3.05, 3.63) is 34.4 Å². The lowest BCUT2D eigenvalue weighted by atomic mass is 9.95. The minimum atomic E-state index is -4.26. The van der Waals surface area contributed by atoms with Crippen molar-refractivity contribution in [2.75, 3.05) is 0 Å². The van der Waals surface area contributed by atoms with E-state index in [4.69, 9.17) is 0 Å². The van der Waals surface area contributed by atoms with Gasteiger partial charge in [0.15, 0.2) is 0 Å². The fourth-order valence-corrected chi connectivity index (χ4v) is 2.06. The average Bonchev–Trinajstić information content (AvgIpc) is 2.19. The molecule has 0 radical (unpaired) electrons. The summed E-state index contributed by atoms with van der Waals surface area (Å²) in [6, 6.07) is 3.89. The van der Waals surface area contributed by atoms with E-state index < -0.39 is 19.0 Å². The van der Waals surface area contributed by atoms with E-state index in [1.807, 2.05) is 32.9 Å². The van der Waals surface area contributed by atoms with Crippen LogP contribution in [0.5, 0.6) is 0 Å². The van der Waals surface area contributed by atoms with E-state index in [9.17, 15) is 18.0 Å². The molecule has 1 rings (SSSR count). The Morgan fingerprint density at radius 1 is 1.11 bits per heavy atom. The standard InChI is InChI=1S/C14H17F3O/c1-9-6-10(2)13(11(3)7-9)8-12(18)4-5-14(15,16)17/h6-7H,4-5,8H2,1-3H3. The van der Waals surface area contributed by atoms with Crippen LogP contribution in [0, 0.1) is 20.8 Å². The largest absolute Gasteiger partial charge is 0.389 e. The third-order valence-corrected chi connectivity index (χ3v) is 2.90. The molecule has 18 heavy (non-hydrogen) atoms. The van der Waals surface area contributed by atoms with Gasteiger partial charge in [0.05, 0.1) is 6.42 Å². The monoisotopic (exact) mass is 258 g/mol. The molecule has 0 aromatic heterocycles. The summed E-state index contributed by atoms with van der Waals surface area (Å²) in [5, 5.41) is 0. The SMILES string of the molecule is Cc1cc(C)c(CC(=O)CCC(F)(F)F)c(C)c1. The summed E-state index contributed by atoms with van der Waals surface area (Å²) in [6.07, 6.45) is -5.63. The van der Waals surface area contributed by atoms with Gasteiger partial charge in [0, 0.05) is 12.8 Å². The van der Waals surface area contributed by atoms with Crippen LogP contribution in [0.4, 0.5) is 13.2 Å². The van der Waals surface area contributed by atoms with E-state index in [0.29, 0.717) is 0 Å². The summed E-state index contributed by atoms with van der Waals surface area (Å²) >= 11 is 0. The highest BCUT2D eigenvalue weighted by atomic mass is 19.4. The Morgan fingerprint density at radius 2 is 1.61 bits per heavy atom. The molecular formula is C14H17F3O. The van der Waals surface area contributed by atoms with Gasteiger partial charge in [0.1, 0.15) is 5.78 Å². The zero-order valence-corrected chi connectivity index (χ0v) is 10.8. The number of hydrogen-bond donors (Lipinski definition) is 0. The van der Waals surface area contributed by atoms with Gasteiger partial charge in [-0.1, -0.05) is 17.7 Å². The minimum Gasteiger partial charge on any atom is -0.299 e. The first-order valence-corrected chi connectivity index (χ1v) is 5.84. The molecule has 0 aliphatic carbocycles. The molecule has 0 amide bonds. The van der Waals surface area contributed by atoms with E-state index in [1.54, 1.807) is 0 Å². The second-order valence-electron chi connectivity index (χ2n) is 4.71. The van der Waals surface area contributed by atoms with Gasteiger partial charge < -0.3 is 0 Å². The molecule has 1 nitrogen and oxygen atoms in total. The van der Waals surface area contributed by atoms with Gasteiger partial charge in [-0.05, 0) is 37.5 Å². The van der Waals surface area contributed by atoms with Crippen molar-refractivity contribution < 1.29 is 18.0 Å². The van der Waals surface area contributed by atoms with Crippen molar-refractivity contribution in [3.8, 4) is 0 Å². The fourth-order valence-electron chi connectivity index (χ4n) is 2.06. The number of benzene rings is 1. The predicted octanol–water partition coefficient (Wildman–Crippen LogP) is 4.07. The summed E-state index contributed by atoms with van der Waals surface area (Å²) in [5.74, 6) is -0.359. The summed E-state index contributed by atoms with van der Waals surface area (Å²) in [5.41, 5.74) is 3.88. The zero-order valence-electron chi connectivity index (χ0n) is 10.8. The molecule has 0 N–H and O–H groups in total. The molecule has 0 bridgehead atoms. The molecule has 1 aromatic carbocycles. The molecule has 0 fully saturated rings. The van der Waals surface area contributed by atoms with Crippen LogP contribution < -0.4 is 0 Å². The van der Waals surface area contributed by atoms with E-state index in [0.717, 1.165) is 22.3 Å². The highest BCUT2D eigenvalue weighted by molar-refractivity contribution is 5.81. The Bertz CT molecular complexity index is 424. The first-order valence-electron chi connectivity index (χ1n) is 5.84. The smallest absolute Gasteiger partial charge is 0.299 e. The fraction of sp³-hybridized carbons (Fsp3) is 0.500. The Balaban J connectivity index is 2.71. The van der Waals surface area contributed by atoms with Gasteiger partial charge in [-0.3, -0.25) is 4.79 Å². The predicted molar refractivity (Wildman–Crippen MR) is 64.7 cm³/mol. The lowest BCUT2D eigenvalue weighted by Crippen LogP contribution is -2.13. The molecule has 0 spiro atoms. The Kier molecular flexibility index (Phi) is 4.54. The zero-order chi connectivity index (χ0) is 13.9. The molecule has 100 valence electrons. The van der Waals surface area contributed by atoms with Crippen molar-refractivity contribution in [2.24, 2.45) is 0 Å². The Hall–Kier alpha value is -1.32. The van der Waals surface area contributed by atoms with Gasteiger partial charge in [0.25, 0.3) is 0 Å². The lowest BCUT2D eigenvalue weighted by molar-refractivity contribution is -0.143. The number of hydrogen-bond acceptors (Lipinski definition) is 1. The highest BCUT2D eigenvalue weighted by Crippen LogP contribution is 2.23. The van der Waals surface area contributed by atoms with Crippen LogP contribution in [-0.2, 0) is 11.2 Å². The first kappa shape index (κ1) is 14.7. The van der Waals surface area contributed by atoms with Crippen LogP contribution in [0.2, 0.25) is 0 Å². The number of carbonyl (C=O) groups is 1. The van der Waals surface area contributed by atoms with Crippen LogP contribution in [0.25, 0.3) is 0 Å². The molecule has 0 saturated heterocycles. The molecular weight excluding hydrogens is 241 g/mol. The maximum Gasteiger partial charge on any atom is 0.389 e. The number of carbonyl (C=O) groups excluding carboxylic acids is 1. The first-order chi connectivity index (χ1) is 8.19. The normalized spacial score (nSPS) is 11.7. The minimum absolute atomic E-state index is 0.0913. The number of ketones is 1. The Morgan fingerprint density at radius 3 is 2.06 bits per heavy atom. The van der Waals surface area contributed by atoms with E-state index in [2.05, 4.69) is 0 Å². The molecule has 0 atom stereocenters. The van der Waals surface area contributed by atoms with Crippen LogP contribution in [0.1, 0.15) is 35.1 Å². The van der Waals surface area contributed by atoms with Gasteiger partial charge in [-0.25, -0.2) is 0 Å². The average molecular weight is 258 g/mol. The van der Waals surface area contributed by atoms with Crippen LogP contribution in [-0.4, -0.2) is 12.0 Å². The highest BCUT2D eigenvalue weighted by Gasteiger charge is 2.27. The molecule has 0 heterocycles.